The predicted octanol–water partition coefficient (Wildman–Crippen LogP) is 4.02. The molecule has 0 saturated heterocycles. The number of fused-ring (bicyclic) bond motifs is 1. The Bertz CT molecular complexity index is 959. The second-order valence-electron chi connectivity index (χ2n) is 5.21. The largest absolute Gasteiger partial charge is 0.324 e. The molecule has 0 fully saturated rings. The Morgan fingerprint density at radius 1 is 1.40 bits per heavy atom. The van der Waals surface area contributed by atoms with Gasteiger partial charge < -0.3 is 5.32 Å². The van der Waals surface area contributed by atoms with Crippen LogP contribution in [0.2, 0.25) is 5.02 Å². The SMILES string of the molecule is C[C@@H](Sc1ncc2ccccn12)C(=O)Nc1cc([N+](=O)[O-])ccc1Cl. The van der Waals surface area contributed by atoms with Gasteiger partial charge in [-0.05, 0) is 25.1 Å². The van der Waals surface area contributed by atoms with Crippen LogP contribution in [0.1, 0.15) is 6.92 Å². The van der Waals surface area contributed by atoms with Crippen molar-refractivity contribution < 1.29 is 9.72 Å². The van der Waals surface area contributed by atoms with Gasteiger partial charge in [-0.15, -0.1) is 0 Å². The van der Waals surface area contributed by atoms with Crippen LogP contribution in [0, 0.1) is 10.1 Å². The zero-order chi connectivity index (χ0) is 18.0. The molecule has 1 aromatic carbocycles. The molecule has 0 saturated carbocycles. The summed E-state index contributed by atoms with van der Waals surface area (Å²) in [6, 6.07) is 9.62. The highest BCUT2D eigenvalue weighted by atomic mass is 35.5. The molecule has 0 bridgehead atoms. The molecular formula is C16H13ClN4O3S. The third kappa shape index (κ3) is 3.75. The number of hydrogen-bond donors (Lipinski definition) is 1. The number of rotatable bonds is 5. The van der Waals surface area contributed by atoms with Crippen molar-refractivity contribution in [2.24, 2.45) is 0 Å². The van der Waals surface area contributed by atoms with Crippen molar-refractivity contribution in [1.29, 1.82) is 0 Å². The number of benzene rings is 1. The molecule has 0 unspecified atom stereocenters. The summed E-state index contributed by atoms with van der Waals surface area (Å²) in [6.07, 6.45) is 3.59. The van der Waals surface area contributed by atoms with Crippen LogP contribution in [0.25, 0.3) is 5.52 Å². The smallest absolute Gasteiger partial charge is 0.271 e. The Morgan fingerprint density at radius 2 is 2.20 bits per heavy atom. The Hall–Kier alpha value is -2.58. The van der Waals surface area contributed by atoms with Crippen LogP contribution < -0.4 is 5.32 Å². The third-order valence-electron chi connectivity index (χ3n) is 3.47. The normalized spacial score (nSPS) is 12.1. The van der Waals surface area contributed by atoms with Crippen LogP contribution in [0.15, 0.2) is 53.9 Å². The summed E-state index contributed by atoms with van der Waals surface area (Å²) in [7, 11) is 0. The van der Waals surface area contributed by atoms with Crippen molar-refractivity contribution in [3.63, 3.8) is 0 Å². The van der Waals surface area contributed by atoms with Crippen LogP contribution in [0.3, 0.4) is 0 Å². The monoisotopic (exact) mass is 376 g/mol. The molecule has 0 aliphatic rings. The lowest BCUT2D eigenvalue weighted by Crippen LogP contribution is -2.23. The molecule has 25 heavy (non-hydrogen) atoms. The maximum Gasteiger partial charge on any atom is 0.271 e. The Balaban J connectivity index is 1.75. The van der Waals surface area contributed by atoms with Gasteiger partial charge in [0.1, 0.15) is 0 Å². The van der Waals surface area contributed by atoms with E-state index in [1.165, 1.54) is 30.0 Å². The molecule has 0 aliphatic heterocycles. The van der Waals surface area contributed by atoms with Crippen LogP contribution in [-0.4, -0.2) is 25.5 Å². The molecule has 2 heterocycles. The minimum Gasteiger partial charge on any atom is -0.324 e. The molecule has 1 atom stereocenters. The van der Waals surface area contributed by atoms with Crippen molar-refractivity contribution in [1.82, 2.24) is 9.38 Å². The first-order valence-electron chi connectivity index (χ1n) is 7.29. The van der Waals surface area contributed by atoms with E-state index in [2.05, 4.69) is 10.3 Å². The third-order valence-corrected chi connectivity index (χ3v) is 4.88. The second-order valence-corrected chi connectivity index (χ2v) is 6.92. The van der Waals surface area contributed by atoms with Crippen molar-refractivity contribution in [2.45, 2.75) is 17.3 Å². The predicted molar refractivity (Wildman–Crippen MR) is 97.2 cm³/mol. The van der Waals surface area contributed by atoms with E-state index < -0.39 is 10.2 Å². The zero-order valence-corrected chi connectivity index (χ0v) is 14.6. The standard InChI is InChI=1S/C16H13ClN4O3S/c1-10(25-16-18-9-12-4-2-3-7-20(12)16)15(22)19-14-8-11(21(23)24)5-6-13(14)17/h2-10H,1H3,(H,19,22)/t10-/m1/s1. The highest BCUT2D eigenvalue weighted by Crippen LogP contribution is 2.29. The molecule has 3 aromatic rings. The Morgan fingerprint density at radius 3 is 2.96 bits per heavy atom. The van der Waals surface area contributed by atoms with Crippen molar-refractivity contribution in [2.75, 3.05) is 5.32 Å². The van der Waals surface area contributed by atoms with E-state index >= 15 is 0 Å². The van der Waals surface area contributed by atoms with E-state index in [0.717, 1.165) is 5.52 Å². The number of nitrogens with one attached hydrogen (secondary N) is 1. The van der Waals surface area contributed by atoms with Crippen molar-refractivity contribution >= 4 is 46.2 Å². The van der Waals surface area contributed by atoms with Gasteiger partial charge in [0.2, 0.25) is 5.91 Å². The molecule has 0 radical (unpaired) electrons. The number of nitro groups is 1. The summed E-state index contributed by atoms with van der Waals surface area (Å²) < 4.78 is 1.88. The fraction of sp³-hybridized carbons (Fsp3) is 0.125. The van der Waals surface area contributed by atoms with Gasteiger partial charge in [-0.2, -0.15) is 0 Å². The van der Waals surface area contributed by atoms with Gasteiger partial charge in [0, 0.05) is 18.3 Å². The molecule has 0 spiro atoms. The van der Waals surface area contributed by atoms with Crippen molar-refractivity contribution in [3.05, 3.63) is 63.9 Å². The van der Waals surface area contributed by atoms with Crippen LogP contribution >= 0.6 is 23.4 Å². The van der Waals surface area contributed by atoms with E-state index in [4.69, 9.17) is 11.6 Å². The first-order valence-corrected chi connectivity index (χ1v) is 8.55. The average molecular weight is 377 g/mol. The number of carbonyl (C=O) groups excluding carboxylic acids is 1. The lowest BCUT2D eigenvalue weighted by Gasteiger charge is -2.12. The number of non-ortho nitro benzene ring substituents is 1. The number of pyridine rings is 1. The van der Waals surface area contributed by atoms with Gasteiger partial charge in [0.05, 0.1) is 32.6 Å². The summed E-state index contributed by atoms with van der Waals surface area (Å²) in [6.45, 7) is 1.73. The second kappa shape index (κ2) is 7.12. The lowest BCUT2D eigenvalue weighted by molar-refractivity contribution is -0.384. The number of anilines is 1. The molecule has 1 amide bonds. The van der Waals surface area contributed by atoms with Gasteiger partial charge in [-0.3, -0.25) is 19.3 Å². The fourth-order valence-corrected chi connectivity index (χ4v) is 3.22. The highest BCUT2D eigenvalue weighted by Gasteiger charge is 2.19. The average Bonchev–Trinajstić information content (AvgIpc) is 2.99. The summed E-state index contributed by atoms with van der Waals surface area (Å²) in [5.74, 6) is -0.319. The van der Waals surface area contributed by atoms with Gasteiger partial charge >= 0.3 is 0 Å². The Labute approximate surface area is 152 Å². The number of carbonyl (C=O) groups is 1. The van der Waals surface area contributed by atoms with Crippen LogP contribution in [0.4, 0.5) is 11.4 Å². The molecular weight excluding hydrogens is 364 g/mol. The number of aromatic nitrogens is 2. The number of thioether (sulfide) groups is 1. The van der Waals surface area contributed by atoms with E-state index in [1.54, 1.807) is 13.1 Å². The Kier molecular flexibility index (Phi) is 4.91. The number of amides is 1. The lowest BCUT2D eigenvalue weighted by atomic mass is 10.2. The molecule has 7 nitrogen and oxygen atoms in total. The van der Waals surface area contributed by atoms with Crippen LogP contribution in [-0.2, 0) is 4.79 Å². The summed E-state index contributed by atoms with van der Waals surface area (Å²) >= 11 is 7.30. The zero-order valence-electron chi connectivity index (χ0n) is 13.0. The number of hydrogen-bond acceptors (Lipinski definition) is 5. The minimum atomic E-state index is -0.541. The van der Waals surface area contributed by atoms with Crippen molar-refractivity contribution in [3.8, 4) is 0 Å². The van der Waals surface area contributed by atoms with Gasteiger partial charge in [-0.25, -0.2) is 4.98 Å². The van der Waals surface area contributed by atoms with E-state index in [-0.39, 0.29) is 22.3 Å². The minimum absolute atomic E-state index is 0.140. The van der Waals surface area contributed by atoms with E-state index in [9.17, 15) is 14.9 Å². The van der Waals surface area contributed by atoms with E-state index in [0.29, 0.717) is 5.16 Å². The molecule has 9 heteroatoms. The number of nitro benzene ring substituents is 1. The maximum absolute atomic E-state index is 12.4. The van der Waals surface area contributed by atoms with Gasteiger partial charge in [-0.1, -0.05) is 29.4 Å². The maximum atomic E-state index is 12.4. The fourth-order valence-electron chi connectivity index (χ4n) is 2.18. The van der Waals surface area contributed by atoms with Crippen LogP contribution in [0.5, 0.6) is 0 Å². The summed E-state index contributed by atoms with van der Waals surface area (Å²) in [5, 5.41) is 13.9. The summed E-state index contributed by atoms with van der Waals surface area (Å²) in [5.41, 5.74) is 1.000. The first kappa shape index (κ1) is 17.2. The summed E-state index contributed by atoms with van der Waals surface area (Å²) in [4.78, 5) is 27.0. The van der Waals surface area contributed by atoms with Gasteiger partial charge in [0.15, 0.2) is 5.16 Å². The first-order chi connectivity index (χ1) is 12.0. The molecule has 3 rings (SSSR count). The molecule has 2 aromatic heterocycles. The van der Waals surface area contributed by atoms with Gasteiger partial charge in [0.25, 0.3) is 5.69 Å². The van der Waals surface area contributed by atoms with E-state index in [1.807, 2.05) is 28.8 Å². The molecule has 128 valence electrons. The highest BCUT2D eigenvalue weighted by molar-refractivity contribution is 8.00. The topological polar surface area (TPSA) is 89.5 Å². The quantitative estimate of drug-likeness (QED) is 0.412. The number of nitrogens with zero attached hydrogens (tertiary/aromatic N) is 3. The number of halogens is 1. The molecule has 0 aliphatic carbocycles. The number of imidazole rings is 1. The molecule has 1 N–H and O–H groups in total.